The molecule has 1 fully saturated rings. The zero-order chi connectivity index (χ0) is 18.2. The van der Waals surface area contributed by atoms with Crippen LogP contribution in [0.2, 0.25) is 0 Å². The Hall–Kier alpha value is -2.67. The first kappa shape index (κ1) is 18.7. The first-order chi connectivity index (χ1) is 12.0. The number of hydrogen-bond acceptors (Lipinski definition) is 5. The van der Waals surface area contributed by atoms with Crippen LogP contribution in [0.5, 0.6) is 0 Å². The molecule has 1 heterocycles. The molecule has 1 aliphatic heterocycles. The smallest absolute Gasteiger partial charge is 0.330 e. The highest BCUT2D eigenvalue weighted by Crippen LogP contribution is 2.18. The third-order valence-corrected chi connectivity index (χ3v) is 3.86. The van der Waals surface area contributed by atoms with E-state index in [1.807, 2.05) is 7.05 Å². The van der Waals surface area contributed by atoms with E-state index < -0.39 is 11.9 Å². The molecule has 1 aromatic carbocycles. The maximum atomic E-state index is 12.7. The van der Waals surface area contributed by atoms with E-state index >= 15 is 0 Å². The molecule has 0 spiro atoms. The lowest BCUT2D eigenvalue weighted by Gasteiger charge is -2.32. The first-order valence-electron chi connectivity index (χ1n) is 8.24. The summed E-state index contributed by atoms with van der Waals surface area (Å²) in [4.78, 5) is 39.9. The van der Waals surface area contributed by atoms with E-state index in [9.17, 15) is 14.4 Å². The lowest BCUT2D eigenvalue weighted by atomic mass is 10.1. The van der Waals surface area contributed by atoms with Crippen LogP contribution < -0.4 is 5.32 Å². The van der Waals surface area contributed by atoms with Gasteiger partial charge in [-0.05, 0) is 26.1 Å². The summed E-state index contributed by atoms with van der Waals surface area (Å²) in [6.07, 6.45) is 2.15. The average Bonchev–Trinajstić information content (AvgIpc) is 2.61. The van der Waals surface area contributed by atoms with Crippen LogP contribution >= 0.6 is 0 Å². The van der Waals surface area contributed by atoms with E-state index in [4.69, 9.17) is 4.74 Å². The van der Waals surface area contributed by atoms with Gasteiger partial charge in [0.1, 0.15) is 0 Å². The Kier molecular flexibility index (Phi) is 6.71. The van der Waals surface area contributed by atoms with Crippen LogP contribution in [0.1, 0.15) is 17.3 Å². The van der Waals surface area contributed by atoms with Crippen molar-refractivity contribution in [1.82, 2.24) is 9.80 Å². The van der Waals surface area contributed by atoms with Crippen molar-refractivity contribution in [2.75, 3.05) is 45.2 Å². The molecule has 0 radical (unpaired) electrons. The van der Waals surface area contributed by atoms with Gasteiger partial charge in [0.05, 0.1) is 17.9 Å². The number of benzene rings is 1. The van der Waals surface area contributed by atoms with Gasteiger partial charge in [-0.2, -0.15) is 0 Å². The molecule has 0 saturated carbocycles. The van der Waals surface area contributed by atoms with Gasteiger partial charge in [-0.1, -0.05) is 12.1 Å². The highest BCUT2D eigenvalue weighted by atomic mass is 16.5. The number of carbonyl (C=O) groups is 3. The van der Waals surface area contributed by atoms with E-state index in [1.165, 1.54) is 0 Å². The summed E-state index contributed by atoms with van der Waals surface area (Å²) in [7, 11) is 2.02. The Bertz CT molecular complexity index is 664. The number of ether oxygens (including phenoxy) is 1. The summed E-state index contributed by atoms with van der Waals surface area (Å²) in [6, 6.07) is 6.85. The molecule has 7 nitrogen and oxygen atoms in total. The van der Waals surface area contributed by atoms with Crippen molar-refractivity contribution in [1.29, 1.82) is 0 Å². The summed E-state index contributed by atoms with van der Waals surface area (Å²) >= 11 is 0. The molecule has 1 aliphatic rings. The monoisotopic (exact) mass is 345 g/mol. The number of nitrogens with zero attached hydrogens (tertiary/aromatic N) is 2. The minimum atomic E-state index is -0.584. The van der Waals surface area contributed by atoms with E-state index in [-0.39, 0.29) is 12.5 Å². The molecule has 0 atom stereocenters. The fourth-order valence-corrected chi connectivity index (χ4v) is 2.47. The Balaban J connectivity index is 2.06. The topological polar surface area (TPSA) is 78.9 Å². The number of hydrogen-bond donors (Lipinski definition) is 1. The molecule has 0 aliphatic carbocycles. The largest absolute Gasteiger partial charge is 0.463 e. The van der Waals surface area contributed by atoms with Crippen LogP contribution in [0.4, 0.5) is 5.69 Å². The molecule has 0 unspecified atom stereocenters. The number of amides is 2. The highest BCUT2D eigenvalue weighted by molar-refractivity contribution is 6.07. The van der Waals surface area contributed by atoms with Crippen LogP contribution in [-0.4, -0.2) is 67.4 Å². The number of esters is 1. The zero-order valence-electron chi connectivity index (χ0n) is 14.5. The molecule has 25 heavy (non-hydrogen) atoms. The lowest BCUT2D eigenvalue weighted by Crippen LogP contribution is -2.47. The van der Waals surface area contributed by atoms with Crippen molar-refractivity contribution >= 4 is 23.5 Å². The van der Waals surface area contributed by atoms with E-state index in [0.717, 1.165) is 25.2 Å². The van der Waals surface area contributed by atoms with E-state index in [0.29, 0.717) is 24.3 Å². The summed E-state index contributed by atoms with van der Waals surface area (Å²) in [6.45, 7) is 4.88. The molecular formula is C18H23N3O4. The third kappa shape index (κ3) is 5.42. The van der Waals surface area contributed by atoms with Crippen LogP contribution in [-0.2, 0) is 14.3 Å². The number of rotatable bonds is 5. The molecule has 2 rings (SSSR count). The molecule has 2 amide bonds. The van der Waals surface area contributed by atoms with Crippen LogP contribution in [0.15, 0.2) is 36.4 Å². The molecule has 7 heteroatoms. The first-order valence-corrected chi connectivity index (χ1v) is 8.24. The van der Waals surface area contributed by atoms with Gasteiger partial charge in [0.15, 0.2) is 0 Å². The summed E-state index contributed by atoms with van der Waals surface area (Å²) < 4.78 is 4.72. The normalized spacial score (nSPS) is 15.2. The summed E-state index contributed by atoms with van der Waals surface area (Å²) in [5.41, 5.74) is 0.856. The molecule has 1 aromatic rings. The molecule has 0 bridgehead atoms. The van der Waals surface area contributed by atoms with Gasteiger partial charge in [0.2, 0.25) is 5.91 Å². The van der Waals surface area contributed by atoms with Gasteiger partial charge in [-0.15, -0.1) is 0 Å². The number of likely N-dealkylation sites (N-methyl/N-ethyl adjacent to an activating group) is 1. The maximum Gasteiger partial charge on any atom is 0.330 e. The van der Waals surface area contributed by atoms with Gasteiger partial charge in [0.25, 0.3) is 5.91 Å². The van der Waals surface area contributed by atoms with Gasteiger partial charge in [-0.3, -0.25) is 9.59 Å². The third-order valence-electron chi connectivity index (χ3n) is 3.86. The Morgan fingerprint density at radius 3 is 2.48 bits per heavy atom. The molecule has 0 aromatic heterocycles. The van der Waals surface area contributed by atoms with Crippen LogP contribution in [0, 0.1) is 0 Å². The molecular weight excluding hydrogens is 322 g/mol. The molecule has 1 saturated heterocycles. The van der Waals surface area contributed by atoms with Crippen molar-refractivity contribution < 1.29 is 19.1 Å². The highest BCUT2D eigenvalue weighted by Gasteiger charge is 2.22. The minimum Gasteiger partial charge on any atom is -0.463 e. The van der Waals surface area contributed by atoms with Crippen LogP contribution in [0.3, 0.4) is 0 Å². The minimum absolute atomic E-state index is 0.113. The second-order valence-electron chi connectivity index (χ2n) is 5.72. The van der Waals surface area contributed by atoms with Crippen molar-refractivity contribution in [3.8, 4) is 0 Å². The van der Waals surface area contributed by atoms with Gasteiger partial charge >= 0.3 is 5.97 Å². The van der Waals surface area contributed by atoms with Gasteiger partial charge in [0, 0.05) is 38.3 Å². The van der Waals surface area contributed by atoms with Crippen LogP contribution in [0.25, 0.3) is 0 Å². The van der Waals surface area contributed by atoms with Gasteiger partial charge < -0.3 is 19.9 Å². The standard InChI is InChI=1S/C18H23N3O4/c1-3-25-17(23)9-8-16(22)19-15-7-5-4-6-14(15)18(24)21-12-10-20(2)11-13-21/h4-9H,3,10-13H2,1-2H3,(H,19,22). The number of para-hydroxylation sites is 1. The summed E-state index contributed by atoms with van der Waals surface area (Å²) in [5.74, 6) is -1.19. The fourth-order valence-electron chi connectivity index (χ4n) is 2.47. The van der Waals surface area contributed by atoms with Crippen molar-refractivity contribution in [3.63, 3.8) is 0 Å². The predicted octanol–water partition coefficient (Wildman–Crippen LogP) is 1.13. The van der Waals surface area contributed by atoms with E-state index in [1.54, 1.807) is 36.1 Å². The quantitative estimate of drug-likeness (QED) is 0.639. The van der Waals surface area contributed by atoms with Crippen molar-refractivity contribution in [2.24, 2.45) is 0 Å². The van der Waals surface area contributed by atoms with Crippen molar-refractivity contribution in [2.45, 2.75) is 6.92 Å². The zero-order valence-corrected chi connectivity index (χ0v) is 14.5. The second kappa shape index (κ2) is 8.98. The average molecular weight is 345 g/mol. The Morgan fingerprint density at radius 2 is 1.80 bits per heavy atom. The summed E-state index contributed by atoms with van der Waals surface area (Å²) in [5, 5.41) is 2.65. The van der Waals surface area contributed by atoms with E-state index in [2.05, 4.69) is 10.2 Å². The number of nitrogens with one attached hydrogen (secondary N) is 1. The Labute approximate surface area is 147 Å². The number of piperazine rings is 1. The molecule has 1 N–H and O–H groups in total. The number of carbonyl (C=O) groups excluding carboxylic acids is 3. The van der Waals surface area contributed by atoms with Crippen molar-refractivity contribution in [3.05, 3.63) is 42.0 Å². The number of anilines is 1. The maximum absolute atomic E-state index is 12.7. The Morgan fingerprint density at radius 1 is 1.12 bits per heavy atom. The lowest BCUT2D eigenvalue weighted by molar-refractivity contribution is -0.137. The SMILES string of the molecule is CCOC(=O)C=CC(=O)Nc1ccccc1C(=O)N1CCN(C)CC1. The van der Waals surface area contributed by atoms with Gasteiger partial charge in [-0.25, -0.2) is 4.79 Å². The predicted molar refractivity (Wildman–Crippen MR) is 94.2 cm³/mol. The second-order valence-corrected chi connectivity index (χ2v) is 5.72. The molecule has 134 valence electrons. The fraction of sp³-hybridized carbons (Fsp3) is 0.389.